The molecule has 4 heteroatoms. The van der Waals surface area contributed by atoms with E-state index in [2.05, 4.69) is 24.2 Å². The van der Waals surface area contributed by atoms with Crippen molar-refractivity contribution in [2.45, 2.75) is 32.4 Å². The van der Waals surface area contributed by atoms with Gasteiger partial charge in [0.15, 0.2) is 5.17 Å². The summed E-state index contributed by atoms with van der Waals surface area (Å²) in [6, 6.07) is 0.819. The summed E-state index contributed by atoms with van der Waals surface area (Å²) >= 11 is 1.80. The molecule has 0 aliphatic carbocycles. The second kappa shape index (κ2) is 5.50. The Kier molecular flexibility index (Phi) is 4.59. The Morgan fingerprint density at radius 2 is 2.54 bits per heavy atom. The Bertz CT molecular complexity index is 184. The van der Waals surface area contributed by atoms with Crippen molar-refractivity contribution in [3.63, 3.8) is 0 Å². The normalized spacial score (nSPS) is 25.2. The molecule has 0 bridgehead atoms. The summed E-state index contributed by atoms with van der Waals surface area (Å²) in [6.07, 6.45) is 1.19. The maximum Gasteiger partial charge on any atom is 0.157 e. The van der Waals surface area contributed by atoms with Gasteiger partial charge in [-0.2, -0.15) is 0 Å². The number of rotatable bonds is 3. The number of nitrogens with one attached hydrogen (secondary N) is 1. The highest BCUT2D eigenvalue weighted by Crippen LogP contribution is 2.15. The van der Waals surface area contributed by atoms with Gasteiger partial charge < -0.3 is 10.1 Å². The molecule has 0 amide bonds. The van der Waals surface area contributed by atoms with Crippen LogP contribution in [-0.2, 0) is 4.74 Å². The van der Waals surface area contributed by atoms with E-state index < -0.39 is 0 Å². The summed E-state index contributed by atoms with van der Waals surface area (Å²) in [6.45, 7) is 4.99. The van der Waals surface area contributed by atoms with E-state index >= 15 is 0 Å². The Labute approximate surface area is 84.3 Å². The summed E-state index contributed by atoms with van der Waals surface area (Å²) in [4.78, 5) is 4.52. The molecule has 0 aromatic rings. The maximum absolute atomic E-state index is 5.05. The minimum atomic E-state index is 0.349. The van der Waals surface area contributed by atoms with Gasteiger partial charge >= 0.3 is 0 Å². The Morgan fingerprint density at radius 3 is 3.15 bits per heavy atom. The van der Waals surface area contributed by atoms with Crippen LogP contribution in [0.1, 0.15) is 20.3 Å². The highest BCUT2D eigenvalue weighted by atomic mass is 32.2. The third-order valence-electron chi connectivity index (χ3n) is 1.90. The first-order chi connectivity index (χ1) is 6.22. The van der Waals surface area contributed by atoms with Crippen LogP contribution >= 0.6 is 11.8 Å². The van der Waals surface area contributed by atoms with Crippen LogP contribution in [0.2, 0.25) is 0 Å². The molecule has 76 valence electrons. The Balaban J connectivity index is 2.34. The highest BCUT2D eigenvalue weighted by molar-refractivity contribution is 8.13. The second-order valence-electron chi connectivity index (χ2n) is 3.42. The van der Waals surface area contributed by atoms with Crippen molar-refractivity contribution in [2.24, 2.45) is 4.99 Å². The molecule has 13 heavy (non-hydrogen) atoms. The number of thioether (sulfide) groups is 1. The zero-order chi connectivity index (χ0) is 9.68. The number of hydrogen-bond donors (Lipinski definition) is 1. The van der Waals surface area contributed by atoms with Gasteiger partial charge in [0, 0.05) is 18.9 Å². The van der Waals surface area contributed by atoms with Gasteiger partial charge in [-0.1, -0.05) is 11.8 Å². The standard InChI is InChI=1S/C9H18N2OS/c1-7-4-5-13-9(10-7)11-8(2)6-12-3/h7-8H,4-6H2,1-3H3,(H,10,11). The van der Waals surface area contributed by atoms with Crippen LogP contribution in [0.3, 0.4) is 0 Å². The second-order valence-corrected chi connectivity index (χ2v) is 4.50. The van der Waals surface area contributed by atoms with Gasteiger partial charge in [0.05, 0.1) is 12.6 Å². The van der Waals surface area contributed by atoms with E-state index in [1.807, 2.05) is 0 Å². The summed E-state index contributed by atoms with van der Waals surface area (Å²) in [5.41, 5.74) is 0. The first-order valence-electron chi connectivity index (χ1n) is 4.68. The van der Waals surface area contributed by atoms with E-state index in [-0.39, 0.29) is 0 Å². The predicted molar refractivity (Wildman–Crippen MR) is 58.4 cm³/mol. The molecular weight excluding hydrogens is 184 g/mol. The number of hydrogen-bond acceptors (Lipinski definition) is 4. The Hall–Kier alpha value is -0.220. The third kappa shape index (κ3) is 4.00. The van der Waals surface area contributed by atoms with Crippen LogP contribution in [0.5, 0.6) is 0 Å². The molecular formula is C9H18N2OS. The van der Waals surface area contributed by atoms with Crippen LogP contribution < -0.4 is 5.32 Å². The summed E-state index contributed by atoms with van der Waals surface area (Å²) < 4.78 is 5.05. The fraction of sp³-hybridized carbons (Fsp3) is 0.889. The first kappa shape index (κ1) is 10.9. The molecule has 1 aliphatic heterocycles. The van der Waals surface area contributed by atoms with Crippen molar-refractivity contribution < 1.29 is 4.74 Å². The molecule has 2 unspecified atom stereocenters. The predicted octanol–water partition coefficient (Wildman–Crippen LogP) is 1.49. The fourth-order valence-electron chi connectivity index (χ4n) is 1.21. The molecule has 0 aromatic heterocycles. The van der Waals surface area contributed by atoms with Crippen LogP contribution in [0.15, 0.2) is 4.99 Å². The van der Waals surface area contributed by atoms with Crippen LogP contribution in [0, 0.1) is 0 Å². The van der Waals surface area contributed by atoms with Gasteiger partial charge in [-0.3, -0.25) is 4.99 Å². The lowest BCUT2D eigenvalue weighted by Crippen LogP contribution is -2.36. The zero-order valence-corrected chi connectivity index (χ0v) is 9.36. The third-order valence-corrected chi connectivity index (χ3v) is 2.84. The van der Waals surface area contributed by atoms with Crippen molar-refractivity contribution >= 4 is 16.9 Å². The molecule has 1 N–H and O–H groups in total. The molecule has 0 fully saturated rings. The lowest BCUT2D eigenvalue weighted by Gasteiger charge is -2.20. The van der Waals surface area contributed by atoms with E-state index in [0.29, 0.717) is 12.1 Å². The molecule has 2 atom stereocenters. The highest BCUT2D eigenvalue weighted by Gasteiger charge is 2.12. The quantitative estimate of drug-likeness (QED) is 0.753. The SMILES string of the molecule is COCC(C)NC1=NC(C)CCS1. The van der Waals surface area contributed by atoms with Crippen LogP contribution in [-0.4, -0.2) is 36.7 Å². The van der Waals surface area contributed by atoms with Gasteiger partial charge in [0.25, 0.3) is 0 Å². The maximum atomic E-state index is 5.05. The Morgan fingerprint density at radius 1 is 1.77 bits per heavy atom. The molecule has 1 rings (SSSR count). The molecule has 3 nitrogen and oxygen atoms in total. The molecule has 0 spiro atoms. The number of ether oxygens (including phenoxy) is 1. The van der Waals surface area contributed by atoms with E-state index in [4.69, 9.17) is 4.74 Å². The molecule has 0 saturated heterocycles. The topological polar surface area (TPSA) is 33.6 Å². The van der Waals surface area contributed by atoms with Crippen molar-refractivity contribution in [3.8, 4) is 0 Å². The van der Waals surface area contributed by atoms with E-state index in [0.717, 1.165) is 11.8 Å². The van der Waals surface area contributed by atoms with E-state index in [1.165, 1.54) is 12.2 Å². The number of amidine groups is 1. The summed E-state index contributed by atoms with van der Waals surface area (Å²) in [7, 11) is 1.72. The van der Waals surface area contributed by atoms with Crippen molar-refractivity contribution in [3.05, 3.63) is 0 Å². The molecule has 0 aromatic carbocycles. The fourth-order valence-corrected chi connectivity index (χ4v) is 2.40. The lowest BCUT2D eigenvalue weighted by atomic mass is 10.3. The van der Waals surface area contributed by atoms with E-state index in [1.54, 1.807) is 18.9 Å². The average molecular weight is 202 g/mol. The van der Waals surface area contributed by atoms with Crippen molar-refractivity contribution in [2.75, 3.05) is 19.5 Å². The zero-order valence-electron chi connectivity index (χ0n) is 8.54. The molecule has 0 saturated carbocycles. The van der Waals surface area contributed by atoms with Gasteiger partial charge in [-0.25, -0.2) is 0 Å². The molecule has 1 aliphatic rings. The lowest BCUT2D eigenvalue weighted by molar-refractivity contribution is 0.179. The number of aliphatic imine (C=N–C) groups is 1. The van der Waals surface area contributed by atoms with Gasteiger partial charge in [-0.05, 0) is 20.3 Å². The number of nitrogens with zero attached hydrogens (tertiary/aromatic N) is 1. The van der Waals surface area contributed by atoms with Gasteiger partial charge in [0.2, 0.25) is 0 Å². The average Bonchev–Trinajstić information content (AvgIpc) is 2.04. The van der Waals surface area contributed by atoms with E-state index in [9.17, 15) is 0 Å². The minimum Gasteiger partial charge on any atom is -0.383 e. The smallest absolute Gasteiger partial charge is 0.157 e. The van der Waals surface area contributed by atoms with Crippen molar-refractivity contribution in [1.82, 2.24) is 5.32 Å². The van der Waals surface area contributed by atoms with Gasteiger partial charge in [0.1, 0.15) is 0 Å². The summed E-state index contributed by atoms with van der Waals surface area (Å²) in [5.74, 6) is 1.17. The summed E-state index contributed by atoms with van der Waals surface area (Å²) in [5, 5.41) is 4.41. The monoisotopic (exact) mass is 202 g/mol. The first-order valence-corrected chi connectivity index (χ1v) is 5.67. The molecule has 1 heterocycles. The minimum absolute atomic E-state index is 0.349. The van der Waals surface area contributed by atoms with Gasteiger partial charge in [-0.15, -0.1) is 0 Å². The largest absolute Gasteiger partial charge is 0.383 e. The van der Waals surface area contributed by atoms with Crippen LogP contribution in [0.4, 0.5) is 0 Å². The molecule has 0 radical (unpaired) electrons. The van der Waals surface area contributed by atoms with Crippen molar-refractivity contribution in [1.29, 1.82) is 0 Å². The van der Waals surface area contributed by atoms with Crippen LogP contribution in [0.25, 0.3) is 0 Å². The number of methoxy groups -OCH3 is 1.